The summed E-state index contributed by atoms with van der Waals surface area (Å²) in [5.41, 5.74) is 7.67. The first kappa shape index (κ1) is 14.5. The SMILES string of the molecule is CNCCCC(=O)N1Cc2ccccc2C[C@H]1C(N)=O. The zero-order valence-corrected chi connectivity index (χ0v) is 11.8. The smallest absolute Gasteiger partial charge is 0.240 e. The fraction of sp³-hybridized carbons (Fsp3) is 0.467. The summed E-state index contributed by atoms with van der Waals surface area (Å²) in [5.74, 6) is -0.431. The molecule has 20 heavy (non-hydrogen) atoms. The molecule has 0 aromatic heterocycles. The zero-order valence-electron chi connectivity index (χ0n) is 11.8. The van der Waals surface area contributed by atoms with E-state index in [1.807, 2.05) is 31.3 Å². The number of rotatable bonds is 5. The lowest BCUT2D eigenvalue weighted by molar-refractivity contribution is -0.140. The number of fused-ring (bicyclic) bond motifs is 1. The molecule has 0 fully saturated rings. The lowest BCUT2D eigenvalue weighted by Crippen LogP contribution is -2.51. The van der Waals surface area contributed by atoms with Gasteiger partial charge in [0.05, 0.1) is 0 Å². The van der Waals surface area contributed by atoms with Crippen molar-refractivity contribution in [1.82, 2.24) is 10.2 Å². The highest BCUT2D eigenvalue weighted by atomic mass is 16.2. The summed E-state index contributed by atoms with van der Waals surface area (Å²) in [4.78, 5) is 25.5. The molecule has 0 aliphatic carbocycles. The number of amides is 2. The Morgan fingerprint density at radius 3 is 2.70 bits per heavy atom. The van der Waals surface area contributed by atoms with E-state index < -0.39 is 11.9 Å². The Morgan fingerprint density at radius 2 is 2.05 bits per heavy atom. The maximum atomic E-state index is 12.3. The Balaban J connectivity index is 2.13. The molecule has 1 aliphatic heterocycles. The van der Waals surface area contributed by atoms with Gasteiger partial charge in [-0.15, -0.1) is 0 Å². The first-order valence-corrected chi connectivity index (χ1v) is 6.93. The summed E-state index contributed by atoms with van der Waals surface area (Å²) in [6.07, 6.45) is 1.72. The molecule has 108 valence electrons. The molecular formula is C15H21N3O2. The lowest BCUT2D eigenvalue weighted by atomic mass is 9.93. The Bertz CT molecular complexity index is 502. The van der Waals surface area contributed by atoms with Crippen LogP contribution >= 0.6 is 0 Å². The molecule has 1 aromatic carbocycles. The summed E-state index contributed by atoms with van der Waals surface area (Å²) in [7, 11) is 1.85. The molecule has 0 bridgehead atoms. The van der Waals surface area contributed by atoms with E-state index in [-0.39, 0.29) is 5.91 Å². The van der Waals surface area contributed by atoms with Crippen molar-refractivity contribution in [2.75, 3.05) is 13.6 Å². The minimum Gasteiger partial charge on any atom is -0.368 e. The minimum atomic E-state index is -0.521. The normalized spacial score (nSPS) is 17.6. The number of nitrogens with two attached hydrogens (primary N) is 1. The molecule has 2 rings (SSSR count). The number of nitrogens with zero attached hydrogens (tertiary/aromatic N) is 1. The van der Waals surface area contributed by atoms with Crippen molar-refractivity contribution in [2.24, 2.45) is 5.73 Å². The quantitative estimate of drug-likeness (QED) is 0.765. The number of hydrogen-bond acceptors (Lipinski definition) is 3. The third-order valence-electron chi connectivity index (χ3n) is 3.71. The van der Waals surface area contributed by atoms with E-state index in [0.29, 0.717) is 19.4 Å². The summed E-state index contributed by atoms with van der Waals surface area (Å²) in [6, 6.07) is 7.37. The van der Waals surface area contributed by atoms with E-state index >= 15 is 0 Å². The van der Waals surface area contributed by atoms with Gasteiger partial charge in [-0.05, 0) is 31.1 Å². The second kappa shape index (κ2) is 6.52. The standard InChI is InChI=1S/C15H21N3O2/c1-17-8-4-7-14(19)18-10-12-6-3-2-5-11(12)9-13(18)15(16)20/h2-3,5-6,13,17H,4,7-10H2,1H3,(H2,16,20)/t13-/m0/s1. The van der Waals surface area contributed by atoms with Gasteiger partial charge in [0.25, 0.3) is 0 Å². The predicted octanol–water partition coefficient (Wildman–Crippen LogP) is 0.425. The van der Waals surface area contributed by atoms with Crippen LogP contribution in [0.15, 0.2) is 24.3 Å². The van der Waals surface area contributed by atoms with Gasteiger partial charge in [-0.25, -0.2) is 0 Å². The van der Waals surface area contributed by atoms with Crippen LogP contribution in [0.25, 0.3) is 0 Å². The molecule has 0 radical (unpaired) electrons. The largest absolute Gasteiger partial charge is 0.368 e. The van der Waals surface area contributed by atoms with E-state index in [9.17, 15) is 9.59 Å². The molecule has 0 spiro atoms. The molecule has 1 aromatic rings. The van der Waals surface area contributed by atoms with Crippen molar-refractivity contribution >= 4 is 11.8 Å². The predicted molar refractivity (Wildman–Crippen MR) is 76.8 cm³/mol. The van der Waals surface area contributed by atoms with E-state index in [1.165, 1.54) is 0 Å². The van der Waals surface area contributed by atoms with Gasteiger partial charge in [-0.1, -0.05) is 24.3 Å². The molecular weight excluding hydrogens is 254 g/mol. The maximum Gasteiger partial charge on any atom is 0.240 e. The van der Waals surface area contributed by atoms with Gasteiger partial charge in [-0.3, -0.25) is 9.59 Å². The highest BCUT2D eigenvalue weighted by Crippen LogP contribution is 2.24. The van der Waals surface area contributed by atoms with Crippen molar-refractivity contribution < 1.29 is 9.59 Å². The van der Waals surface area contributed by atoms with Gasteiger partial charge < -0.3 is 16.0 Å². The number of nitrogens with one attached hydrogen (secondary N) is 1. The van der Waals surface area contributed by atoms with Crippen LogP contribution in [0.1, 0.15) is 24.0 Å². The van der Waals surface area contributed by atoms with Crippen LogP contribution in [0.2, 0.25) is 0 Å². The highest BCUT2D eigenvalue weighted by molar-refractivity contribution is 5.87. The number of primary amides is 1. The van der Waals surface area contributed by atoms with Gasteiger partial charge in [0.15, 0.2) is 0 Å². The first-order chi connectivity index (χ1) is 9.63. The van der Waals surface area contributed by atoms with Crippen LogP contribution in [-0.2, 0) is 22.6 Å². The van der Waals surface area contributed by atoms with Crippen LogP contribution in [0.5, 0.6) is 0 Å². The van der Waals surface area contributed by atoms with Crippen LogP contribution < -0.4 is 11.1 Å². The lowest BCUT2D eigenvalue weighted by Gasteiger charge is -2.35. The van der Waals surface area contributed by atoms with Crippen LogP contribution in [0.3, 0.4) is 0 Å². The molecule has 0 saturated carbocycles. The molecule has 2 amide bonds. The number of carbonyl (C=O) groups is 2. The van der Waals surface area contributed by atoms with Crippen molar-refractivity contribution in [2.45, 2.75) is 31.8 Å². The average Bonchev–Trinajstić information content (AvgIpc) is 2.46. The Labute approximate surface area is 119 Å². The zero-order chi connectivity index (χ0) is 14.5. The molecule has 0 saturated heterocycles. The summed E-state index contributed by atoms with van der Waals surface area (Å²) in [6.45, 7) is 1.26. The first-order valence-electron chi connectivity index (χ1n) is 6.93. The van der Waals surface area contributed by atoms with Crippen LogP contribution in [-0.4, -0.2) is 36.3 Å². The number of benzene rings is 1. The molecule has 1 heterocycles. The van der Waals surface area contributed by atoms with Crippen LogP contribution in [0.4, 0.5) is 0 Å². The van der Waals surface area contributed by atoms with Crippen molar-refractivity contribution in [3.8, 4) is 0 Å². The number of carbonyl (C=O) groups excluding carboxylic acids is 2. The average molecular weight is 275 g/mol. The second-order valence-electron chi connectivity index (χ2n) is 5.12. The minimum absolute atomic E-state index is 0.00134. The maximum absolute atomic E-state index is 12.3. The molecule has 5 heteroatoms. The summed E-state index contributed by atoms with van der Waals surface area (Å²) >= 11 is 0. The summed E-state index contributed by atoms with van der Waals surface area (Å²) in [5, 5.41) is 3.01. The summed E-state index contributed by atoms with van der Waals surface area (Å²) < 4.78 is 0. The molecule has 5 nitrogen and oxygen atoms in total. The topological polar surface area (TPSA) is 75.4 Å². The highest BCUT2D eigenvalue weighted by Gasteiger charge is 2.32. The van der Waals surface area contributed by atoms with Crippen molar-refractivity contribution in [3.05, 3.63) is 35.4 Å². The fourth-order valence-corrected chi connectivity index (χ4v) is 2.60. The van der Waals surface area contributed by atoms with Crippen molar-refractivity contribution in [3.63, 3.8) is 0 Å². The molecule has 1 aliphatic rings. The van der Waals surface area contributed by atoms with E-state index in [1.54, 1.807) is 4.90 Å². The number of hydrogen-bond donors (Lipinski definition) is 2. The van der Waals surface area contributed by atoms with Gasteiger partial charge >= 0.3 is 0 Å². The van der Waals surface area contributed by atoms with E-state index in [0.717, 1.165) is 24.1 Å². The van der Waals surface area contributed by atoms with Gasteiger partial charge in [0.2, 0.25) is 11.8 Å². The van der Waals surface area contributed by atoms with E-state index in [2.05, 4.69) is 5.32 Å². The molecule has 0 unspecified atom stereocenters. The van der Waals surface area contributed by atoms with Gasteiger partial charge in [0, 0.05) is 19.4 Å². The van der Waals surface area contributed by atoms with E-state index in [4.69, 9.17) is 5.73 Å². The Hall–Kier alpha value is -1.88. The third kappa shape index (κ3) is 3.17. The van der Waals surface area contributed by atoms with Crippen LogP contribution in [0, 0.1) is 0 Å². The monoisotopic (exact) mass is 275 g/mol. The molecule has 1 atom stereocenters. The third-order valence-corrected chi connectivity index (χ3v) is 3.71. The Kier molecular flexibility index (Phi) is 4.74. The van der Waals surface area contributed by atoms with Crippen molar-refractivity contribution in [1.29, 1.82) is 0 Å². The van der Waals surface area contributed by atoms with Gasteiger partial charge in [0.1, 0.15) is 6.04 Å². The Morgan fingerprint density at radius 1 is 1.35 bits per heavy atom. The van der Waals surface area contributed by atoms with Gasteiger partial charge in [-0.2, -0.15) is 0 Å². The second-order valence-corrected chi connectivity index (χ2v) is 5.12. The fourth-order valence-electron chi connectivity index (χ4n) is 2.60. The molecule has 3 N–H and O–H groups in total.